The van der Waals surface area contributed by atoms with Crippen molar-refractivity contribution < 1.29 is 22.3 Å². The first-order chi connectivity index (χ1) is 8.75. The minimum atomic E-state index is -3.48. The lowest BCUT2D eigenvalue weighted by Crippen LogP contribution is -2.39. The Morgan fingerprint density at radius 3 is 2.68 bits per heavy atom. The number of rotatable bonds is 5. The van der Waals surface area contributed by atoms with E-state index in [1.807, 2.05) is 0 Å². The Bertz CT molecular complexity index is 574. The van der Waals surface area contributed by atoms with Crippen LogP contribution in [0.5, 0.6) is 0 Å². The maximum atomic E-state index is 13.5. The van der Waals surface area contributed by atoms with Crippen molar-refractivity contribution in [1.29, 1.82) is 0 Å². The first-order valence-corrected chi connectivity index (χ1v) is 7.20. The largest absolute Gasteiger partial charge is 0.383 e. The quantitative estimate of drug-likeness (QED) is 0.752. The van der Waals surface area contributed by atoms with Gasteiger partial charge in [0.05, 0.1) is 17.2 Å². The SMILES string of the molecule is COCC(N)C(=O)Nc1cc(S(C)(=O)=O)ccc1F. The Balaban J connectivity index is 2.98. The van der Waals surface area contributed by atoms with E-state index in [0.717, 1.165) is 24.5 Å². The molecular weight excluding hydrogens is 275 g/mol. The van der Waals surface area contributed by atoms with E-state index >= 15 is 0 Å². The zero-order valence-corrected chi connectivity index (χ0v) is 11.3. The van der Waals surface area contributed by atoms with Gasteiger partial charge in [0.1, 0.15) is 11.9 Å². The van der Waals surface area contributed by atoms with Gasteiger partial charge in [-0.15, -0.1) is 0 Å². The summed E-state index contributed by atoms with van der Waals surface area (Å²) in [7, 11) is -2.11. The summed E-state index contributed by atoms with van der Waals surface area (Å²) < 4.78 is 40.9. The molecule has 6 nitrogen and oxygen atoms in total. The maximum absolute atomic E-state index is 13.5. The van der Waals surface area contributed by atoms with Crippen molar-refractivity contribution in [2.24, 2.45) is 5.73 Å². The van der Waals surface area contributed by atoms with Crippen LogP contribution in [0.1, 0.15) is 0 Å². The normalized spacial score (nSPS) is 13.1. The number of ether oxygens (including phenoxy) is 1. The van der Waals surface area contributed by atoms with Crippen LogP contribution in [0.25, 0.3) is 0 Å². The van der Waals surface area contributed by atoms with Gasteiger partial charge in [0, 0.05) is 13.4 Å². The van der Waals surface area contributed by atoms with Gasteiger partial charge >= 0.3 is 0 Å². The lowest BCUT2D eigenvalue weighted by molar-refractivity contribution is -0.118. The number of hydrogen-bond acceptors (Lipinski definition) is 5. The number of sulfone groups is 1. The molecule has 19 heavy (non-hydrogen) atoms. The second kappa shape index (κ2) is 6.09. The molecule has 1 rings (SSSR count). The van der Waals surface area contributed by atoms with Crippen LogP contribution in [-0.2, 0) is 19.4 Å². The topological polar surface area (TPSA) is 98.5 Å². The van der Waals surface area contributed by atoms with Crippen LogP contribution in [0, 0.1) is 5.82 Å². The Morgan fingerprint density at radius 2 is 2.16 bits per heavy atom. The lowest BCUT2D eigenvalue weighted by Gasteiger charge is -2.12. The molecule has 0 radical (unpaired) electrons. The van der Waals surface area contributed by atoms with Crippen LogP contribution < -0.4 is 11.1 Å². The van der Waals surface area contributed by atoms with Crippen LogP contribution in [0.3, 0.4) is 0 Å². The predicted molar refractivity (Wildman–Crippen MR) is 68.0 cm³/mol. The van der Waals surface area contributed by atoms with E-state index in [0.29, 0.717) is 0 Å². The monoisotopic (exact) mass is 290 g/mol. The Hall–Kier alpha value is -1.51. The van der Waals surface area contributed by atoms with Crippen molar-refractivity contribution >= 4 is 21.4 Å². The van der Waals surface area contributed by atoms with Gasteiger partial charge in [0.15, 0.2) is 9.84 Å². The molecule has 0 saturated heterocycles. The molecule has 0 aromatic heterocycles. The van der Waals surface area contributed by atoms with Gasteiger partial charge in [-0.25, -0.2) is 12.8 Å². The molecule has 1 atom stereocenters. The molecule has 0 spiro atoms. The fourth-order valence-corrected chi connectivity index (χ4v) is 1.96. The van der Waals surface area contributed by atoms with Crippen molar-refractivity contribution in [3.8, 4) is 0 Å². The molecule has 0 bridgehead atoms. The second-order valence-electron chi connectivity index (χ2n) is 3.96. The summed E-state index contributed by atoms with van der Waals surface area (Å²) in [5.41, 5.74) is 5.24. The highest BCUT2D eigenvalue weighted by molar-refractivity contribution is 7.90. The highest BCUT2D eigenvalue weighted by atomic mass is 32.2. The van der Waals surface area contributed by atoms with Gasteiger partial charge in [0.25, 0.3) is 0 Å². The fraction of sp³-hybridized carbons (Fsp3) is 0.364. The number of nitrogens with one attached hydrogen (secondary N) is 1. The summed E-state index contributed by atoms with van der Waals surface area (Å²) in [5.74, 6) is -1.41. The first-order valence-electron chi connectivity index (χ1n) is 5.30. The second-order valence-corrected chi connectivity index (χ2v) is 5.98. The van der Waals surface area contributed by atoms with Gasteiger partial charge in [0.2, 0.25) is 5.91 Å². The number of hydrogen-bond donors (Lipinski definition) is 2. The zero-order chi connectivity index (χ0) is 14.6. The minimum Gasteiger partial charge on any atom is -0.383 e. The van der Waals surface area contributed by atoms with E-state index in [1.54, 1.807) is 0 Å². The number of methoxy groups -OCH3 is 1. The molecule has 0 aliphatic rings. The van der Waals surface area contributed by atoms with Crippen LogP contribution in [-0.4, -0.2) is 40.3 Å². The molecule has 0 aliphatic heterocycles. The van der Waals surface area contributed by atoms with Crippen LogP contribution in [0.4, 0.5) is 10.1 Å². The number of anilines is 1. The number of amides is 1. The molecule has 8 heteroatoms. The van der Waals surface area contributed by atoms with Gasteiger partial charge < -0.3 is 15.8 Å². The molecule has 0 saturated carbocycles. The van der Waals surface area contributed by atoms with E-state index in [-0.39, 0.29) is 17.2 Å². The van der Waals surface area contributed by atoms with Crippen molar-refractivity contribution in [2.45, 2.75) is 10.9 Å². The van der Waals surface area contributed by atoms with E-state index in [9.17, 15) is 17.6 Å². The smallest absolute Gasteiger partial charge is 0.243 e. The molecule has 106 valence electrons. The van der Waals surface area contributed by atoms with Crippen molar-refractivity contribution in [3.63, 3.8) is 0 Å². The van der Waals surface area contributed by atoms with E-state index in [2.05, 4.69) is 5.32 Å². The van der Waals surface area contributed by atoms with E-state index < -0.39 is 27.6 Å². The molecule has 1 aromatic rings. The summed E-state index contributed by atoms with van der Waals surface area (Å²) in [6, 6.07) is 2.16. The number of carbonyl (C=O) groups is 1. The number of carbonyl (C=O) groups excluding carboxylic acids is 1. The Kier molecular flexibility index (Phi) is 4.98. The standard InChI is InChI=1S/C11H15FN2O4S/c1-18-6-9(13)11(15)14-10-5-7(19(2,16)17)3-4-8(10)12/h3-5,9H,6,13H2,1-2H3,(H,14,15). The van der Waals surface area contributed by atoms with Crippen LogP contribution in [0.2, 0.25) is 0 Å². The molecule has 1 amide bonds. The Morgan fingerprint density at radius 1 is 1.53 bits per heavy atom. The van der Waals surface area contributed by atoms with Crippen LogP contribution >= 0.6 is 0 Å². The summed E-state index contributed by atoms with van der Waals surface area (Å²) in [6.45, 7) is -0.0286. The highest BCUT2D eigenvalue weighted by Gasteiger charge is 2.17. The van der Waals surface area contributed by atoms with Crippen molar-refractivity contribution in [3.05, 3.63) is 24.0 Å². The number of nitrogens with two attached hydrogens (primary N) is 1. The lowest BCUT2D eigenvalue weighted by atomic mass is 10.2. The summed E-state index contributed by atoms with van der Waals surface area (Å²) >= 11 is 0. The summed E-state index contributed by atoms with van der Waals surface area (Å²) in [5, 5.41) is 2.22. The average molecular weight is 290 g/mol. The van der Waals surface area contributed by atoms with Gasteiger partial charge in [-0.2, -0.15) is 0 Å². The number of benzene rings is 1. The molecule has 0 aliphatic carbocycles. The zero-order valence-electron chi connectivity index (χ0n) is 10.5. The molecule has 1 aromatic carbocycles. The fourth-order valence-electron chi connectivity index (χ4n) is 1.31. The predicted octanol–water partition coefficient (Wildman–Crippen LogP) is 0.141. The van der Waals surface area contributed by atoms with Gasteiger partial charge in [-0.05, 0) is 18.2 Å². The highest BCUT2D eigenvalue weighted by Crippen LogP contribution is 2.19. The average Bonchev–Trinajstić information content (AvgIpc) is 2.30. The van der Waals surface area contributed by atoms with Crippen molar-refractivity contribution in [2.75, 3.05) is 25.3 Å². The molecule has 1 unspecified atom stereocenters. The third-order valence-corrected chi connectivity index (χ3v) is 3.42. The maximum Gasteiger partial charge on any atom is 0.243 e. The third-order valence-electron chi connectivity index (χ3n) is 2.31. The summed E-state index contributed by atoms with van der Waals surface area (Å²) in [6.07, 6.45) is 0.989. The van der Waals surface area contributed by atoms with Gasteiger partial charge in [-0.1, -0.05) is 0 Å². The molecular formula is C11H15FN2O4S. The molecule has 3 N–H and O–H groups in total. The van der Waals surface area contributed by atoms with Crippen molar-refractivity contribution in [1.82, 2.24) is 0 Å². The van der Waals surface area contributed by atoms with Gasteiger partial charge in [-0.3, -0.25) is 4.79 Å². The third kappa shape index (κ3) is 4.27. The summed E-state index contributed by atoms with van der Waals surface area (Å²) in [4.78, 5) is 11.5. The molecule has 0 fully saturated rings. The number of halogens is 1. The Labute approximate surface area is 110 Å². The minimum absolute atomic E-state index is 0.0286. The van der Waals surface area contributed by atoms with E-state index in [4.69, 9.17) is 10.5 Å². The molecule has 0 heterocycles. The first kappa shape index (κ1) is 15.5. The van der Waals surface area contributed by atoms with E-state index in [1.165, 1.54) is 7.11 Å². The van der Waals surface area contributed by atoms with Crippen LogP contribution in [0.15, 0.2) is 23.1 Å².